The number of amides is 1. The molecule has 0 spiro atoms. The van der Waals surface area contributed by atoms with Gasteiger partial charge in [0.2, 0.25) is 10.0 Å². The van der Waals surface area contributed by atoms with Crippen LogP contribution in [0, 0.1) is 6.92 Å². The molecule has 0 aromatic heterocycles. The van der Waals surface area contributed by atoms with Crippen LogP contribution in [0.15, 0.2) is 17.1 Å². The van der Waals surface area contributed by atoms with E-state index in [4.69, 9.17) is 11.5 Å². The first-order chi connectivity index (χ1) is 9.51. The van der Waals surface area contributed by atoms with E-state index in [1.54, 1.807) is 13.0 Å². The van der Waals surface area contributed by atoms with Gasteiger partial charge in [0, 0.05) is 5.56 Å². The molecule has 1 aromatic rings. The molecule has 5 N–H and O–H groups in total. The molecule has 0 radical (unpaired) electrons. The zero-order valence-corrected chi connectivity index (χ0v) is 13.3. The van der Waals surface area contributed by atoms with Gasteiger partial charge in [0.15, 0.2) is 5.96 Å². The van der Waals surface area contributed by atoms with E-state index in [0.29, 0.717) is 11.3 Å². The number of rotatable bonds is 4. The summed E-state index contributed by atoms with van der Waals surface area (Å²) in [6.07, 6.45) is 1.05. The molecule has 0 heterocycles. The van der Waals surface area contributed by atoms with E-state index in [0.717, 1.165) is 11.8 Å². The Morgan fingerprint density at radius 3 is 2.29 bits per heavy atom. The van der Waals surface area contributed by atoms with Crippen molar-refractivity contribution in [2.24, 2.45) is 16.5 Å². The highest BCUT2D eigenvalue weighted by atomic mass is 32.2. The Morgan fingerprint density at radius 1 is 1.29 bits per heavy atom. The minimum Gasteiger partial charge on any atom is -0.370 e. The van der Waals surface area contributed by atoms with Crippen LogP contribution in [0.1, 0.15) is 41.3 Å². The topological polar surface area (TPSA) is 128 Å². The van der Waals surface area contributed by atoms with Crippen LogP contribution in [0.4, 0.5) is 5.69 Å². The summed E-state index contributed by atoms with van der Waals surface area (Å²) >= 11 is 0. The quantitative estimate of drug-likeness (QED) is 0.562. The third-order valence-electron chi connectivity index (χ3n) is 2.77. The van der Waals surface area contributed by atoms with Crippen molar-refractivity contribution in [1.29, 1.82) is 0 Å². The highest BCUT2D eigenvalue weighted by Crippen LogP contribution is 2.29. The van der Waals surface area contributed by atoms with E-state index >= 15 is 0 Å². The number of carbonyl (C=O) groups excluding carboxylic acids is 1. The van der Waals surface area contributed by atoms with Gasteiger partial charge in [-0.05, 0) is 30.0 Å². The van der Waals surface area contributed by atoms with Gasteiger partial charge in [-0.1, -0.05) is 19.9 Å². The Morgan fingerprint density at radius 2 is 1.86 bits per heavy atom. The summed E-state index contributed by atoms with van der Waals surface area (Å²) in [7, 11) is -3.46. The molecular formula is C13H20N4O3S. The molecule has 0 bridgehead atoms. The lowest BCUT2D eigenvalue weighted by atomic mass is 9.95. The normalized spacial score (nSPS) is 11.3. The Kier molecular flexibility index (Phi) is 4.95. The lowest BCUT2D eigenvalue weighted by molar-refractivity contribution is 0.100. The molecule has 8 heteroatoms. The lowest BCUT2D eigenvalue weighted by Crippen LogP contribution is -2.24. The predicted molar refractivity (Wildman–Crippen MR) is 83.9 cm³/mol. The molecule has 0 aliphatic rings. The largest absolute Gasteiger partial charge is 0.370 e. The van der Waals surface area contributed by atoms with Crippen LogP contribution in [0.25, 0.3) is 0 Å². The summed E-state index contributed by atoms with van der Waals surface area (Å²) in [5, 5.41) is 0. The van der Waals surface area contributed by atoms with Crippen LogP contribution in [0.5, 0.6) is 0 Å². The number of hydrogen-bond acceptors (Lipinski definition) is 3. The molecule has 0 saturated carbocycles. The number of aliphatic imine (C=N–C) groups is 1. The zero-order valence-electron chi connectivity index (χ0n) is 12.5. The number of nitrogens with one attached hydrogen (secondary N) is 1. The summed E-state index contributed by atoms with van der Waals surface area (Å²) in [5.74, 6) is -0.871. The summed E-state index contributed by atoms with van der Waals surface area (Å²) in [4.78, 5) is 15.4. The van der Waals surface area contributed by atoms with Crippen LogP contribution in [-0.2, 0) is 10.0 Å². The zero-order chi connectivity index (χ0) is 16.4. The molecule has 1 rings (SSSR count). The average molecular weight is 312 g/mol. The number of aryl methyl sites for hydroxylation is 1. The maximum atomic E-state index is 12.0. The van der Waals surface area contributed by atoms with Crippen molar-refractivity contribution in [3.05, 3.63) is 28.8 Å². The maximum Gasteiger partial charge on any atom is 0.280 e. The molecule has 21 heavy (non-hydrogen) atoms. The number of sulfonamides is 1. The molecule has 1 aromatic carbocycles. The summed E-state index contributed by atoms with van der Waals surface area (Å²) in [6.45, 7) is 5.60. The third-order valence-corrected chi connectivity index (χ3v) is 3.37. The van der Waals surface area contributed by atoms with Crippen LogP contribution in [0.3, 0.4) is 0 Å². The highest BCUT2D eigenvalue weighted by molar-refractivity contribution is 7.92. The number of guanidine groups is 1. The van der Waals surface area contributed by atoms with Crippen molar-refractivity contribution in [3.8, 4) is 0 Å². The number of anilines is 1. The SMILES string of the molecule is Cc1cc(C(C)C)c(NS(C)(=O)=O)cc1C(=O)N=C(N)N. The van der Waals surface area contributed by atoms with Crippen LogP contribution in [-0.4, -0.2) is 26.5 Å². The van der Waals surface area contributed by atoms with Gasteiger partial charge in [-0.2, -0.15) is 4.99 Å². The standard InChI is InChI=1S/C13H20N4O3S/c1-7(2)9-5-8(3)10(12(18)16-13(14)15)6-11(9)17-21(4,19)20/h5-7,17H,1-4H3,(H4,14,15,16,18). The van der Waals surface area contributed by atoms with E-state index in [9.17, 15) is 13.2 Å². The maximum absolute atomic E-state index is 12.0. The third kappa shape index (κ3) is 4.75. The van der Waals surface area contributed by atoms with E-state index < -0.39 is 15.9 Å². The Labute approximate surface area is 124 Å². The lowest BCUT2D eigenvalue weighted by Gasteiger charge is -2.16. The Hall–Kier alpha value is -2.09. The second kappa shape index (κ2) is 6.13. The summed E-state index contributed by atoms with van der Waals surface area (Å²) in [5.41, 5.74) is 12.5. The second-order valence-electron chi connectivity index (χ2n) is 5.13. The number of hydrogen-bond donors (Lipinski definition) is 3. The van der Waals surface area contributed by atoms with E-state index in [1.165, 1.54) is 6.07 Å². The number of nitrogens with zero attached hydrogens (tertiary/aromatic N) is 1. The van der Waals surface area contributed by atoms with Gasteiger partial charge in [-0.3, -0.25) is 9.52 Å². The minimum atomic E-state index is -3.46. The smallest absolute Gasteiger partial charge is 0.280 e. The van der Waals surface area contributed by atoms with Crippen molar-refractivity contribution in [2.45, 2.75) is 26.7 Å². The van der Waals surface area contributed by atoms with Crippen molar-refractivity contribution in [3.63, 3.8) is 0 Å². The van der Waals surface area contributed by atoms with Gasteiger partial charge in [0.05, 0.1) is 11.9 Å². The van der Waals surface area contributed by atoms with Crippen LogP contribution in [0.2, 0.25) is 0 Å². The fraction of sp³-hybridized carbons (Fsp3) is 0.385. The molecule has 0 saturated heterocycles. The molecule has 0 atom stereocenters. The van der Waals surface area contributed by atoms with Gasteiger partial charge in [-0.25, -0.2) is 8.42 Å². The fourth-order valence-corrected chi connectivity index (χ4v) is 2.48. The summed E-state index contributed by atoms with van der Waals surface area (Å²) in [6, 6.07) is 3.22. The molecule has 7 nitrogen and oxygen atoms in total. The Bertz CT molecular complexity index is 690. The van der Waals surface area contributed by atoms with Crippen molar-refractivity contribution in [1.82, 2.24) is 0 Å². The van der Waals surface area contributed by atoms with Gasteiger partial charge in [0.25, 0.3) is 5.91 Å². The average Bonchev–Trinajstić information content (AvgIpc) is 2.27. The van der Waals surface area contributed by atoms with Gasteiger partial charge in [-0.15, -0.1) is 0 Å². The summed E-state index contributed by atoms with van der Waals surface area (Å²) < 4.78 is 25.3. The minimum absolute atomic E-state index is 0.0835. The van der Waals surface area contributed by atoms with Gasteiger partial charge < -0.3 is 11.5 Å². The number of nitrogens with two attached hydrogens (primary N) is 2. The molecule has 0 fully saturated rings. The Balaban J connectivity index is 3.46. The molecule has 1 amide bonds. The highest BCUT2D eigenvalue weighted by Gasteiger charge is 2.17. The van der Waals surface area contributed by atoms with Crippen LogP contribution >= 0.6 is 0 Å². The number of carbonyl (C=O) groups is 1. The first-order valence-electron chi connectivity index (χ1n) is 6.27. The second-order valence-corrected chi connectivity index (χ2v) is 6.87. The van der Waals surface area contributed by atoms with Crippen molar-refractivity contribution < 1.29 is 13.2 Å². The first kappa shape index (κ1) is 17.0. The van der Waals surface area contributed by atoms with Crippen LogP contribution < -0.4 is 16.2 Å². The van der Waals surface area contributed by atoms with E-state index in [-0.39, 0.29) is 17.4 Å². The fourth-order valence-electron chi connectivity index (χ4n) is 1.90. The predicted octanol–water partition coefficient (Wildman–Crippen LogP) is 0.904. The van der Waals surface area contributed by atoms with Gasteiger partial charge in [0.1, 0.15) is 0 Å². The first-order valence-corrected chi connectivity index (χ1v) is 8.16. The van der Waals surface area contributed by atoms with Crippen molar-refractivity contribution >= 4 is 27.6 Å². The molecule has 0 unspecified atom stereocenters. The van der Waals surface area contributed by atoms with Crippen molar-refractivity contribution in [2.75, 3.05) is 11.0 Å². The monoisotopic (exact) mass is 312 g/mol. The van der Waals surface area contributed by atoms with Gasteiger partial charge >= 0.3 is 0 Å². The number of benzene rings is 1. The molecule has 116 valence electrons. The van der Waals surface area contributed by atoms with E-state index in [1.807, 2.05) is 13.8 Å². The molecule has 0 aliphatic carbocycles. The molecular weight excluding hydrogens is 292 g/mol. The molecule has 0 aliphatic heterocycles. The van der Waals surface area contributed by atoms with E-state index in [2.05, 4.69) is 9.71 Å².